The first-order valence-electron chi connectivity index (χ1n) is 4.62. The van der Waals surface area contributed by atoms with Gasteiger partial charge in [0.05, 0.1) is 11.5 Å². The Labute approximate surface area is 78.2 Å². The number of hydrogen-bond acceptors (Lipinski definition) is 2. The molecule has 0 atom stereocenters. The third-order valence-corrected chi connectivity index (χ3v) is 2.94. The molecule has 2 rings (SSSR count). The summed E-state index contributed by atoms with van der Waals surface area (Å²) in [5.41, 5.74) is 1.92. The fourth-order valence-corrected chi connectivity index (χ4v) is 1.96. The van der Waals surface area contributed by atoms with E-state index >= 15 is 0 Å². The highest BCUT2D eigenvalue weighted by molar-refractivity contribution is 5.37. The summed E-state index contributed by atoms with van der Waals surface area (Å²) in [7, 11) is 0. The molecule has 1 aliphatic rings. The van der Waals surface area contributed by atoms with Gasteiger partial charge in [0, 0.05) is 11.9 Å². The van der Waals surface area contributed by atoms with Crippen LogP contribution < -0.4 is 0 Å². The Morgan fingerprint density at radius 2 is 2.31 bits per heavy atom. The first-order valence-corrected chi connectivity index (χ1v) is 4.62. The van der Waals surface area contributed by atoms with E-state index in [0.29, 0.717) is 0 Å². The van der Waals surface area contributed by atoms with E-state index in [1.165, 1.54) is 6.42 Å². The average Bonchev–Trinajstić information content (AvgIpc) is 2.07. The monoisotopic (exact) mass is 172 g/mol. The Bertz CT molecular complexity index is 359. The van der Waals surface area contributed by atoms with Crippen LogP contribution >= 0.6 is 0 Å². The van der Waals surface area contributed by atoms with Gasteiger partial charge in [0.25, 0.3) is 0 Å². The minimum atomic E-state index is -0.210. The number of pyridine rings is 1. The second-order valence-corrected chi connectivity index (χ2v) is 3.68. The molecular formula is C11H12N2. The van der Waals surface area contributed by atoms with E-state index in [2.05, 4.69) is 11.1 Å². The fourth-order valence-electron chi connectivity index (χ4n) is 1.96. The van der Waals surface area contributed by atoms with Crippen molar-refractivity contribution >= 4 is 0 Å². The van der Waals surface area contributed by atoms with E-state index < -0.39 is 0 Å². The zero-order valence-corrected chi connectivity index (χ0v) is 7.75. The lowest BCUT2D eigenvalue weighted by Crippen LogP contribution is -2.33. The maximum Gasteiger partial charge on any atom is 0.0839 e. The zero-order valence-electron chi connectivity index (χ0n) is 7.75. The van der Waals surface area contributed by atoms with Crippen LogP contribution in [-0.2, 0) is 5.41 Å². The number of rotatable bonds is 1. The molecule has 0 unspecified atom stereocenters. The van der Waals surface area contributed by atoms with Crippen LogP contribution in [0.1, 0.15) is 30.5 Å². The van der Waals surface area contributed by atoms with Gasteiger partial charge >= 0.3 is 0 Å². The van der Waals surface area contributed by atoms with Crippen LogP contribution in [0, 0.1) is 18.3 Å². The van der Waals surface area contributed by atoms with Gasteiger partial charge in [-0.3, -0.25) is 4.98 Å². The molecule has 2 heteroatoms. The first-order chi connectivity index (χ1) is 6.28. The van der Waals surface area contributed by atoms with Crippen LogP contribution in [0.5, 0.6) is 0 Å². The summed E-state index contributed by atoms with van der Waals surface area (Å²) >= 11 is 0. The number of nitrogens with zero attached hydrogens (tertiary/aromatic N) is 2. The van der Waals surface area contributed by atoms with Crippen LogP contribution in [0.25, 0.3) is 0 Å². The molecule has 0 radical (unpaired) electrons. The number of nitriles is 1. The van der Waals surface area contributed by atoms with Gasteiger partial charge in [-0.2, -0.15) is 5.26 Å². The molecule has 13 heavy (non-hydrogen) atoms. The second kappa shape index (κ2) is 2.85. The van der Waals surface area contributed by atoms with Gasteiger partial charge < -0.3 is 0 Å². The maximum atomic E-state index is 9.14. The molecule has 1 heterocycles. The highest BCUT2D eigenvalue weighted by Gasteiger charge is 2.40. The minimum absolute atomic E-state index is 0.210. The molecule has 0 saturated heterocycles. The molecule has 0 N–H and O–H groups in total. The van der Waals surface area contributed by atoms with Crippen LogP contribution in [0.3, 0.4) is 0 Å². The van der Waals surface area contributed by atoms with Crippen molar-refractivity contribution in [1.29, 1.82) is 5.26 Å². The maximum absolute atomic E-state index is 9.14. The highest BCUT2D eigenvalue weighted by atomic mass is 14.7. The van der Waals surface area contributed by atoms with E-state index in [1.54, 1.807) is 6.20 Å². The smallest absolute Gasteiger partial charge is 0.0839 e. The Hall–Kier alpha value is -1.36. The van der Waals surface area contributed by atoms with Gasteiger partial charge in [0.1, 0.15) is 0 Å². The van der Waals surface area contributed by atoms with Gasteiger partial charge in [-0.1, -0.05) is 6.07 Å². The molecule has 1 fully saturated rings. The van der Waals surface area contributed by atoms with Crippen LogP contribution in [0.15, 0.2) is 18.3 Å². The van der Waals surface area contributed by atoms with Gasteiger partial charge in [-0.15, -0.1) is 0 Å². The van der Waals surface area contributed by atoms with Crippen LogP contribution in [0.2, 0.25) is 0 Å². The van der Waals surface area contributed by atoms with Gasteiger partial charge in [0.2, 0.25) is 0 Å². The Morgan fingerprint density at radius 3 is 2.77 bits per heavy atom. The summed E-state index contributed by atoms with van der Waals surface area (Å²) in [5, 5.41) is 9.14. The number of hydrogen-bond donors (Lipinski definition) is 0. The molecule has 0 aliphatic heterocycles. The first kappa shape index (κ1) is 8.25. The number of aromatic nitrogens is 1. The predicted octanol–water partition coefficient (Wildman–Crippen LogP) is 2.34. The van der Waals surface area contributed by atoms with E-state index in [-0.39, 0.29) is 5.41 Å². The van der Waals surface area contributed by atoms with Crippen molar-refractivity contribution in [3.05, 3.63) is 29.6 Å². The summed E-state index contributed by atoms with van der Waals surface area (Å²) in [6.07, 6.45) is 4.94. The van der Waals surface area contributed by atoms with Crippen molar-refractivity contribution < 1.29 is 0 Å². The quantitative estimate of drug-likeness (QED) is 0.652. The van der Waals surface area contributed by atoms with Crippen molar-refractivity contribution in [2.45, 2.75) is 31.6 Å². The fraction of sp³-hybridized carbons (Fsp3) is 0.455. The van der Waals surface area contributed by atoms with Crippen molar-refractivity contribution in [2.75, 3.05) is 0 Å². The van der Waals surface area contributed by atoms with Crippen molar-refractivity contribution in [1.82, 2.24) is 4.98 Å². The molecule has 0 amide bonds. The van der Waals surface area contributed by atoms with Crippen molar-refractivity contribution in [2.24, 2.45) is 0 Å². The summed E-state index contributed by atoms with van der Waals surface area (Å²) in [4.78, 5) is 4.22. The van der Waals surface area contributed by atoms with Crippen molar-refractivity contribution in [3.8, 4) is 6.07 Å². The lowest BCUT2D eigenvalue weighted by Gasteiger charge is -2.36. The second-order valence-electron chi connectivity index (χ2n) is 3.68. The molecule has 1 aromatic rings. The molecule has 66 valence electrons. The van der Waals surface area contributed by atoms with E-state index in [4.69, 9.17) is 5.26 Å². The Kier molecular flexibility index (Phi) is 1.81. The standard InChI is InChI=1S/C11H12N2/c1-9-10(4-2-7-13-9)11(8-12)5-3-6-11/h2,4,7H,3,5-6H2,1H3. The molecule has 1 aliphatic carbocycles. The predicted molar refractivity (Wildman–Crippen MR) is 50.1 cm³/mol. The van der Waals surface area contributed by atoms with E-state index in [1.807, 2.05) is 19.1 Å². The largest absolute Gasteiger partial charge is 0.261 e. The van der Waals surface area contributed by atoms with Gasteiger partial charge in [-0.05, 0) is 37.8 Å². The molecule has 1 aromatic heterocycles. The number of aryl methyl sites for hydroxylation is 1. The topological polar surface area (TPSA) is 36.7 Å². The van der Waals surface area contributed by atoms with Crippen LogP contribution in [-0.4, -0.2) is 4.98 Å². The molecule has 2 nitrogen and oxygen atoms in total. The SMILES string of the molecule is Cc1ncccc1C1(C#N)CCC1. The zero-order chi connectivity index (χ0) is 9.31. The van der Waals surface area contributed by atoms with Gasteiger partial charge in [0.15, 0.2) is 0 Å². The van der Waals surface area contributed by atoms with Crippen LogP contribution in [0.4, 0.5) is 0 Å². The minimum Gasteiger partial charge on any atom is -0.261 e. The molecule has 1 saturated carbocycles. The molecule has 0 bridgehead atoms. The summed E-state index contributed by atoms with van der Waals surface area (Å²) in [6.45, 7) is 1.98. The third-order valence-electron chi connectivity index (χ3n) is 2.94. The molecule has 0 spiro atoms. The normalized spacial score (nSPS) is 18.8. The summed E-state index contributed by atoms with van der Waals surface area (Å²) in [6, 6.07) is 6.38. The summed E-state index contributed by atoms with van der Waals surface area (Å²) in [5.74, 6) is 0. The van der Waals surface area contributed by atoms with Crippen molar-refractivity contribution in [3.63, 3.8) is 0 Å². The van der Waals surface area contributed by atoms with E-state index in [9.17, 15) is 0 Å². The molecular weight excluding hydrogens is 160 g/mol. The Balaban J connectivity index is 2.46. The highest BCUT2D eigenvalue weighted by Crippen LogP contribution is 2.43. The van der Waals surface area contributed by atoms with Gasteiger partial charge in [-0.25, -0.2) is 0 Å². The lowest BCUT2D eigenvalue weighted by molar-refractivity contribution is 0.322. The molecule has 0 aromatic carbocycles. The van der Waals surface area contributed by atoms with E-state index in [0.717, 1.165) is 24.1 Å². The third kappa shape index (κ3) is 1.12. The average molecular weight is 172 g/mol. The summed E-state index contributed by atoms with van der Waals surface area (Å²) < 4.78 is 0. The lowest BCUT2D eigenvalue weighted by atomic mass is 9.65. The Morgan fingerprint density at radius 1 is 1.54 bits per heavy atom.